The molecule has 2 aromatic carbocycles. The van der Waals surface area contributed by atoms with Crippen LogP contribution in [0.2, 0.25) is 0 Å². The molecule has 2 aromatic rings. The van der Waals surface area contributed by atoms with Crippen LogP contribution in [0.5, 0.6) is 5.75 Å². The summed E-state index contributed by atoms with van der Waals surface area (Å²) in [7, 11) is 1.49. The molecule has 0 heterocycles. The van der Waals surface area contributed by atoms with Gasteiger partial charge in [0, 0.05) is 11.6 Å². The summed E-state index contributed by atoms with van der Waals surface area (Å²) in [4.78, 5) is 48.9. The number of anilines is 1. The first-order valence-electron chi connectivity index (χ1n) is 10.7. The molecule has 0 unspecified atom stereocenters. The van der Waals surface area contributed by atoms with E-state index in [2.05, 4.69) is 16.0 Å². The van der Waals surface area contributed by atoms with Gasteiger partial charge in [-0.25, -0.2) is 0 Å². The van der Waals surface area contributed by atoms with Crippen LogP contribution in [-0.2, 0) is 14.3 Å². The first-order chi connectivity index (χ1) is 16.0. The van der Waals surface area contributed by atoms with Gasteiger partial charge in [-0.3, -0.25) is 19.2 Å². The SMILES string of the molecule is COc1cccc(C(=O)NCC(=O)OCC(=O)Nc2ccccc2C(=O)NC2CCCC2)c1. The van der Waals surface area contributed by atoms with Crippen molar-refractivity contribution in [2.45, 2.75) is 31.7 Å². The summed E-state index contributed by atoms with van der Waals surface area (Å²) >= 11 is 0. The zero-order chi connectivity index (χ0) is 23.6. The molecule has 3 N–H and O–H groups in total. The van der Waals surface area contributed by atoms with Gasteiger partial charge >= 0.3 is 5.97 Å². The Morgan fingerprint density at radius 2 is 1.73 bits per heavy atom. The van der Waals surface area contributed by atoms with E-state index in [-0.39, 0.29) is 11.9 Å². The minimum atomic E-state index is -0.770. The van der Waals surface area contributed by atoms with Gasteiger partial charge in [0.15, 0.2) is 6.61 Å². The van der Waals surface area contributed by atoms with Crippen LogP contribution < -0.4 is 20.7 Å². The molecule has 0 aromatic heterocycles. The highest BCUT2D eigenvalue weighted by molar-refractivity contribution is 6.04. The van der Waals surface area contributed by atoms with Crippen molar-refractivity contribution in [2.24, 2.45) is 0 Å². The van der Waals surface area contributed by atoms with E-state index in [0.29, 0.717) is 22.6 Å². The molecule has 0 aliphatic heterocycles. The maximum atomic E-state index is 12.6. The molecule has 1 aliphatic carbocycles. The molecule has 0 bridgehead atoms. The van der Waals surface area contributed by atoms with Gasteiger partial charge in [0.2, 0.25) is 0 Å². The number of methoxy groups -OCH3 is 1. The largest absolute Gasteiger partial charge is 0.497 e. The van der Waals surface area contributed by atoms with Crippen LogP contribution in [-0.4, -0.2) is 50.0 Å². The molecule has 1 saturated carbocycles. The Morgan fingerprint density at radius 1 is 0.970 bits per heavy atom. The number of ether oxygens (including phenoxy) is 2. The second-order valence-electron chi connectivity index (χ2n) is 7.62. The molecule has 3 amide bonds. The smallest absolute Gasteiger partial charge is 0.325 e. The minimum absolute atomic E-state index is 0.148. The first-order valence-corrected chi connectivity index (χ1v) is 10.7. The van der Waals surface area contributed by atoms with E-state index in [1.165, 1.54) is 13.2 Å². The van der Waals surface area contributed by atoms with Crippen molar-refractivity contribution in [1.82, 2.24) is 10.6 Å². The van der Waals surface area contributed by atoms with Crippen molar-refractivity contribution in [2.75, 3.05) is 25.6 Å². The van der Waals surface area contributed by atoms with Gasteiger partial charge in [0.05, 0.1) is 18.4 Å². The molecule has 1 fully saturated rings. The number of carbonyl (C=O) groups excluding carboxylic acids is 4. The van der Waals surface area contributed by atoms with Crippen molar-refractivity contribution in [3.05, 3.63) is 59.7 Å². The summed E-state index contributed by atoms with van der Waals surface area (Å²) in [5, 5.41) is 8.01. The second kappa shape index (κ2) is 11.7. The van der Waals surface area contributed by atoms with Crippen molar-refractivity contribution in [1.29, 1.82) is 0 Å². The Hall–Kier alpha value is -3.88. The fraction of sp³-hybridized carbons (Fsp3) is 0.333. The number of amides is 3. The lowest BCUT2D eigenvalue weighted by molar-refractivity contribution is -0.146. The molecular formula is C24H27N3O6. The normalized spacial score (nSPS) is 13.1. The number of nitrogens with one attached hydrogen (secondary N) is 3. The van der Waals surface area contributed by atoms with Crippen molar-refractivity contribution >= 4 is 29.4 Å². The molecule has 0 spiro atoms. The highest BCUT2D eigenvalue weighted by Gasteiger charge is 2.20. The van der Waals surface area contributed by atoms with Crippen LogP contribution in [0.25, 0.3) is 0 Å². The van der Waals surface area contributed by atoms with E-state index in [0.717, 1.165) is 25.7 Å². The van der Waals surface area contributed by atoms with E-state index < -0.39 is 30.9 Å². The molecule has 9 nitrogen and oxygen atoms in total. The van der Waals surface area contributed by atoms with E-state index in [1.807, 2.05) is 0 Å². The fourth-order valence-electron chi connectivity index (χ4n) is 3.53. The second-order valence-corrected chi connectivity index (χ2v) is 7.62. The lowest BCUT2D eigenvalue weighted by atomic mass is 10.1. The molecule has 0 radical (unpaired) electrons. The van der Waals surface area contributed by atoms with Crippen LogP contribution in [0.15, 0.2) is 48.5 Å². The third-order valence-electron chi connectivity index (χ3n) is 5.23. The van der Waals surface area contributed by atoms with E-state index in [9.17, 15) is 19.2 Å². The Labute approximate surface area is 191 Å². The third kappa shape index (κ3) is 7.06. The lowest BCUT2D eigenvalue weighted by Crippen LogP contribution is -2.34. The summed E-state index contributed by atoms with van der Waals surface area (Å²) < 4.78 is 9.98. The Morgan fingerprint density at radius 3 is 2.48 bits per heavy atom. The number of hydrogen-bond donors (Lipinski definition) is 3. The van der Waals surface area contributed by atoms with Gasteiger partial charge in [-0.05, 0) is 43.2 Å². The Balaban J connectivity index is 1.45. The van der Waals surface area contributed by atoms with Crippen molar-refractivity contribution in [3.63, 3.8) is 0 Å². The number of esters is 1. The minimum Gasteiger partial charge on any atom is -0.497 e. The Bertz CT molecular complexity index is 1020. The highest BCUT2D eigenvalue weighted by Crippen LogP contribution is 2.20. The number of para-hydroxylation sites is 1. The first kappa shape index (κ1) is 23.8. The summed E-state index contributed by atoms with van der Waals surface area (Å²) in [5.41, 5.74) is 1.00. The van der Waals surface area contributed by atoms with E-state index >= 15 is 0 Å². The van der Waals surface area contributed by atoms with Crippen molar-refractivity contribution < 1.29 is 28.7 Å². The standard InChI is InChI=1S/C24H27N3O6/c1-32-18-10-6-7-16(13-18)23(30)25-14-22(29)33-15-21(28)27-20-12-5-4-11-19(20)24(31)26-17-8-2-3-9-17/h4-7,10-13,17H,2-3,8-9,14-15H2,1H3,(H,25,30)(H,26,31)(H,27,28). The quantitative estimate of drug-likeness (QED) is 0.501. The third-order valence-corrected chi connectivity index (χ3v) is 5.23. The molecule has 0 saturated heterocycles. The van der Waals surface area contributed by atoms with Crippen molar-refractivity contribution in [3.8, 4) is 5.75 Å². The van der Waals surface area contributed by atoms with E-state index in [4.69, 9.17) is 9.47 Å². The number of hydrogen-bond acceptors (Lipinski definition) is 6. The number of rotatable bonds is 9. The van der Waals surface area contributed by atoms with Crippen LogP contribution in [0, 0.1) is 0 Å². The predicted octanol–water partition coefficient (Wildman–Crippen LogP) is 2.28. The molecule has 9 heteroatoms. The average Bonchev–Trinajstić information content (AvgIpc) is 3.34. The Kier molecular flexibility index (Phi) is 8.40. The van der Waals surface area contributed by atoms with Crippen LogP contribution in [0.4, 0.5) is 5.69 Å². The molecule has 1 aliphatic rings. The maximum Gasteiger partial charge on any atom is 0.325 e. The fourth-order valence-corrected chi connectivity index (χ4v) is 3.53. The summed E-state index contributed by atoms with van der Waals surface area (Å²) in [6, 6.07) is 13.3. The van der Waals surface area contributed by atoms with Gasteiger partial charge in [0.1, 0.15) is 12.3 Å². The topological polar surface area (TPSA) is 123 Å². The van der Waals surface area contributed by atoms with Gasteiger partial charge < -0.3 is 25.4 Å². The molecule has 3 rings (SSSR count). The van der Waals surface area contributed by atoms with Crippen LogP contribution in [0.1, 0.15) is 46.4 Å². The predicted molar refractivity (Wildman–Crippen MR) is 121 cm³/mol. The molecule has 33 heavy (non-hydrogen) atoms. The van der Waals surface area contributed by atoms with Gasteiger partial charge in [-0.1, -0.05) is 31.0 Å². The van der Waals surface area contributed by atoms with Crippen LogP contribution >= 0.6 is 0 Å². The molecule has 174 valence electrons. The van der Waals surface area contributed by atoms with Crippen LogP contribution in [0.3, 0.4) is 0 Å². The molecule has 0 atom stereocenters. The highest BCUT2D eigenvalue weighted by atomic mass is 16.5. The average molecular weight is 453 g/mol. The van der Waals surface area contributed by atoms with Gasteiger partial charge in [0.25, 0.3) is 17.7 Å². The summed E-state index contributed by atoms with van der Waals surface area (Å²) in [5.74, 6) is -1.58. The zero-order valence-electron chi connectivity index (χ0n) is 18.4. The number of carbonyl (C=O) groups is 4. The molecular weight excluding hydrogens is 426 g/mol. The van der Waals surface area contributed by atoms with E-state index in [1.54, 1.807) is 42.5 Å². The summed E-state index contributed by atoms with van der Waals surface area (Å²) in [6.07, 6.45) is 4.08. The zero-order valence-corrected chi connectivity index (χ0v) is 18.4. The van der Waals surface area contributed by atoms with Gasteiger partial charge in [-0.15, -0.1) is 0 Å². The summed E-state index contributed by atoms with van der Waals surface area (Å²) in [6.45, 7) is -0.948. The number of benzene rings is 2. The van der Waals surface area contributed by atoms with Gasteiger partial charge in [-0.2, -0.15) is 0 Å². The lowest BCUT2D eigenvalue weighted by Gasteiger charge is -2.15. The maximum absolute atomic E-state index is 12.6. The monoisotopic (exact) mass is 453 g/mol.